The zero-order chi connectivity index (χ0) is 49.1. The summed E-state index contributed by atoms with van der Waals surface area (Å²) in [6, 6.07) is 80.2. The third-order valence-corrected chi connectivity index (χ3v) is 15.2. The fraction of sp³-hybridized carbons (Fsp3) is 0.0606. The van der Waals surface area contributed by atoms with E-state index in [2.05, 4.69) is 235 Å². The lowest BCUT2D eigenvalue weighted by Crippen LogP contribution is -2.59. The number of hydrogen-bond acceptors (Lipinski definition) is 4. The number of nitrogens with zero attached hydrogens (tertiary/aromatic N) is 5. The van der Waals surface area contributed by atoms with Crippen molar-refractivity contribution >= 4 is 83.8 Å². The molecule has 0 spiro atoms. The average molecular weight is 934 g/mol. The van der Waals surface area contributed by atoms with Crippen molar-refractivity contribution in [1.82, 2.24) is 9.13 Å². The van der Waals surface area contributed by atoms with E-state index >= 15 is 0 Å². The van der Waals surface area contributed by atoms with E-state index < -0.39 is 0 Å². The number of aromatic nitrogens is 2. The summed E-state index contributed by atoms with van der Waals surface area (Å²) >= 11 is 0. The third-order valence-electron chi connectivity index (χ3n) is 15.2. The van der Waals surface area contributed by atoms with Gasteiger partial charge >= 0.3 is 0 Å². The molecule has 342 valence electrons. The Kier molecular flexibility index (Phi) is 9.27. The molecule has 0 bridgehead atoms. The first kappa shape index (κ1) is 42.3. The molecule has 0 saturated heterocycles. The molecule has 0 amide bonds. The first-order valence-electron chi connectivity index (χ1n) is 24.8. The lowest BCUT2D eigenvalue weighted by Gasteiger charge is -2.42. The number of benzene rings is 10. The lowest BCUT2D eigenvalue weighted by molar-refractivity contribution is 0.483. The van der Waals surface area contributed by atoms with E-state index in [1.165, 1.54) is 0 Å². The van der Waals surface area contributed by atoms with Gasteiger partial charge in [0.1, 0.15) is 11.5 Å². The fourth-order valence-corrected chi connectivity index (χ4v) is 11.8. The molecule has 12 aromatic rings. The van der Waals surface area contributed by atoms with Gasteiger partial charge in [0.25, 0.3) is 6.71 Å². The van der Waals surface area contributed by atoms with Gasteiger partial charge in [0, 0.05) is 61.5 Å². The Morgan fingerprint density at radius 2 is 0.959 bits per heavy atom. The SMILES string of the molecule is CC(C)(C)c1cc2c3c(c1)N(c1c(-c4ccccc4)cccc1-c1ccccc1)c1cc(-n4c5ccccc5c5cc(C#N)ccc54)ccc1B3c1ccc(-n3c4ccccc4c4cc(C#N)ccc43)cc1O2. The lowest BCUT2D eigenvalue weighted by atomic mass is 9.34. The van der Waals surface area contributed by atoms with Crippen LogP contribution in [0.15, 0.2) is 212 Å². The van der Waals surface area contributed by atoms with Crippen molar-refractivity contribution in [3.05, 3.63) is 229 Å². The first-order chi connectivity index (χ1) is 35.7. The molecule has 0 atom stereocenters. The summed E-state index contributed by atoms with van der Waals surface area (Å²) in [5.41, 5.74) is 19.4. The van der Waals surface area contributed by atoms with Crippen LogP contribution in [-0.4, -0.2) is 15.8 Å². The fourth-order valence-electron chi connectivity index (χ4n) is 11.8. The minimum Gasteiger partial charge on any atom is -0.458 e. The van der Waals surface area contributed by atoms with E-state index in [-0.39, 0.29) is 12.1 Å². The van der Waals surface area contributed by atoms with E-state index in [4.69, 9.17) is 4.74 Å². The molecule has 10 aromatic carbocycles. The van der Waals surface area contributed by atoms with Crippen molar-refractivity contribution in [1.29, 1.82) is 10.5 Å². The Morgan fingerprint density at radius 1 is 0.438 bits per heavy atom. The highest BCUT2D eigenvalue weighted by Gasteiger charge is 2.44. The number of anilines is 3. The molecule has 2 aromatic heterocycles. The van der Waals surface area contributed by atoms with Crippen LogP contribution >= 0.6 is 0 Å². The van der Waals surface area contributed by atoms with Gasteiger partial charge in [0.15, 0.2) is 0 Å². The number of hydrogen-bond donors (Lipinski definition) is 0. The van der Waals surface area contributed by atoms with Gasteiger partial charge in [0.05, 0.1) is 51.0 Å². The van der Waals surface area contributed by atoms with E-state index in [9.17, 15) is 10.5 Å². The largest absolute Gasteiger partial charge is 0.458 e. The summed E-state index contributed by atoms with van der Waals surface area (Å²) in [6.45, 7) is 6.65. The molecule has 0 unspecified atom stereocenters. The number of nitriles is 2. The number of ether oxygens (including phenoxy) is 1. The molecule has 0 aliphatic carbocycles. The van der Waals surface area contributed by atoms with Crippen molar-refractivity contribution in [2.45, 2.75) is 26.2 Å². The molecule has 0 N–H and O–H groups in total. The van der Waals surface area contributed by atoms with Crippen LogP contribution in [0, 0.1) is 22.7 Å². The first-order valence-corrected chi connectivity index (χ1v) is 24.8. The normalized spacial score (nSPS) is 12.6. The van der Waals surface area contributed by atoms with Crippen LogP contribution < -0.4 is 26.0 Å². The van der Waals surface area contributed by atoms with Crippen LogP contribution in [0.2, 0.25) is 0 Å². The average Bonchev–Trinajstić information content (AvgIpc) is 3.95. The van der Waals surface area contributed by atoms with Gasteiger partial charge in [-0.2, -0.15) is 10.5 Å². The maximum atomic E-state index is 10.0. The molecule has 6 nitrogen and oxygen atoms in total. The Labute approximate surface area is 423 Å². The molecular weight excluding hydrogens is 890 g/mol. The van der Waals surface area contributed by atoms with E-state index in [1.807, 2.05) is 24.3 Å². The maximum absolute atomic E-state index is 10.0. The molecule has 14 rings (SSSR count). The van der Waals surface area contributed by atoms with Gasteiger partial charge in [-0.1, -0.05) is 148 Å². The van der Waals surface area contributed by atoms with E-state index in [1.54, 1.807) is 0 Å². The monoisotopic (exact) mass is 933 g/mol. The number of rotatable bonds is 5. The summed E-state index contributed by atoms with van der Waals surface area (Å²) in [5, 5.41) is 24.2. The van der Waals surface area contributed by atoms with Gasteiger partial charge in [-0.15, -0.1) is 0 Å². The summed E-state index contributed by atoms with van der Waals surface area (Å²) < 4.78 is 12.0. The summed E-state index contributed by atoms with van der Waals surface area (Å²) in [4.78, 5) is 2.53. The van der Waals surface area contributed by atoms with Crippen LogP contribution in [0.25, 0.3) is 77.2 Å². The predicted molar refractivity (Wildman–Crippen MR) is 300 cm³/mol. The van der Waals surface area contributed by atoms with Crippen LogP contribution in [-0.2, 0) is 5.41 Å². The molecule has 2 aliphatic rings. The van der Waals surface area contributed by atoms with Crippen LogP contribution in [0.3, 0.4) is 0 Å². The Balaban J connectivity index is 1.08. The zero-order valence-electron chi connectivity index (χ0n) is 40.4. The highest BCUT2D eigenvalue weighted by molar-refractivity contribution is 6.99. The van der Waals surface area contributed by atoms with Gasteiger partial charge in [-0.05, 0) is 117 Å². The molecule has 0 radical (unpaired) electrons. The molecule has 7 heteroatoms. The minimum absolute atomic E-state index is 0.186. The third kappa shape index (κ3) is 6.42. The van der Waals surface area contributed by atoms with Crippen molar-refractivity contribution in [2.24, 2.45) is 0 Å². The van der Waals surface area contributed by atoms with Crippen molar-refractivity contribution < 1.29 is 4.74 Å². The maximum Gasteiger partial charge on any atom is 0.256 e. The second kappa shape index (κ2) is 16.0. The molecule has 0 fully saturated rings. The van der Waals surface area contributed by atoms with Crippen LogP contribution in [0.1, 0.15) is 37.5 Å². The summed E-state index contributed by atoms with van der Waals surface area (Å²) in [7, 11) is 0. The van der Waals surface area contributed by atoms with Crippen LogP contribution in [0.4, 0.5) is 17.1 Å². The number of para-hydroxylation sites is 3. The highest BCUT2D eigenvalue weighted by Crippen LogP contribution is 2.50. The Hall–Kier alpha value is -9.56. The van der Waals surface area contributed by atoms with Gasteiger partial charge < -0.3 is 18.8 Å². The van der Waals surface area contributed by atoms with Gasteiger partial charge in [0.2, 0.25) is 0 Å². The van der Waals surface area contributed by atoms with Crippen molar-refractivity contribution in [3.63, 3.8) is 0 Å². The smallest absolute Gasteiger partial charge is 0.256 e. The second-order valence-corrected chi connectivity index (χ2v) is 20.3. The molecular formula is C66H44BN5O. The zero-order valence-corrected chi connectivity index (χ0v) is 40.4. The highest BCUT2D eigenvalue weighted by atomic mass is 16.5. The second-order valence-electron chi connectivity index (χ2n) is 20.3. The van der Waals surface area contributed by atoms with Gasteiger partial charge in [-0.3, -0.25) is 0 Å². The van der Waals surface area contributed by atoms with Crippen molar-refractivity contribution in [3.8, 4) is 57.3 Å². The molecule has 4 heterocycles. The summed E-state index contributed by atoms with van der Waals surface area (Å²) in [6.07, 6.45) is 0. The van der Waals surface area contributed by atoms with E-state index in [0.717, 1.165) is 128 Å². The Bertz CT molecular complexity index is 4320. The molecule has 2 aliphatic heterocycles. The quantitative estimate of drug-likeness (QED) is 0.161. The van der Waals surface area contributed by atoms with Crippen LogP contribution in [0.5, 0.6) is 11.5 Å². The molecule has 0 saturated carbocycles. The minimum atomic E-state index is -0.238. The Morgan fingerprint density at radius 3 is 1.52 bits per heavy atom. The van der Waals surface area contributed by atoms with Crippen molar-refractivity contribution in [2.75, 3.05) is 4.90 Å². The predicted octanol–water partition coefficient (Wildman–Crippen LogP) is 14.7. The van der Waals surface area contributed by atoms with Gasteiger partial charge in [-0.25, -0.2) is 0 Å². The standard InChI is InChI=1S/C66H44BN5O/c1-66(2,3)45-35-61-64-63(36-45)73-62-38-47(71-57-24-13-11-20-51(57)53-34-42(40-69)26-32-59(53)71)28-30-55(62)67(64)54-29-27-46(70-56-23-12-10-19-50(56)52-33-41(39-68)25-31-58(52)70)37-60(54)72(61)65-48(43-15-6-4-7-16-43)21-14-22-49(65)44-17-8-5-9-18-44/h4-38H,1-3H3. The van der Waals surface area contributed by atoms with E-state index in [0.29, 0.717) is 11.1 Å². The topological polar surface area (TPSA) is 69.9 Å². The molecule has 73 heavy (non-hydrogen) atoms. The summed E-state index contributed by atoms with van der Waals surface area (Å²) in [5.74, 6) is 1.65. The number of fused-ring (bicyclic) bond motifs is 10.